The average molecular weight is 220 g/mol. The summed E-state index contributed by atoms with van der Waals surface area (Å²) in [6, 6.07) is 3.69. The number of ether oxygens (including phenoxy) is 1. The van der Waals surface area contributed by atoms with E-state index >= 15 is 0 Å². The second kappa shape index (κ2) is 4.04. The Kier molecular flexibility index (Phi) is 2.73. The van der Waals surface area contributed by atoms with Crippen LogP contribution >= 0.6 is 0 Å². The number of hydrogen-bond donors (Lipinski definition) is 1. The minimum atomic E-state index is 0.0615. The molecule has 0 spiro atoms. The van der Waals surface area contributed by atoms with Crippen LogP contribution in [0.5, 0.6) is 5.75 Å². The van der Waals surface area contributed by atoms with Crippen molar-refractivity contribution in [2.45, 2.75) is 19.8 Å². The maximum absolute atomic E-state index is 11.7. The molecule has 4 heteroatoms. The molecule has 86 valence electrons. The van der Waals surface area contributed by atoms with Crippen molar-refractivity contribution in [1.29, 1.82) is 0 Å². The third-order valence-corrected chi connectivity index (χ3v) is 2.85. The highest BCUT2D eigenvalue weighted by Gasteiger charge is 2.22. The third-order valence-electron chi connectivity index (χ3n) is 2.85. The molecule has 0 bridgehead atoms. The van der Waals surface area contributed by atoms with Gasteiger partial charge in [0.1, 0.15) is 5.75 Å². The molecule has 4 nitrogen and oxygen atoms in total. The molecule has 1 aliphatic heterocycles. The van der Waals surface area contributed by atoms with Crippen LogP contribution in [0.3, 0.4) is 0 Å². The van der Waals surface area contributed by atoms with E-state index in [4.69, 9.17) is 10.5 Å². The van der Waals surface area contributed by atoms with Gasteiger partial charge in [-0.25, -0.2) is 0 Å². The lowest BCUT2D eigenvalue weighted by molar-refractivity contribution is -0.118. The van der Waals surface area contributed by atoms with Crippen molar-refractivity contribution in [3.63, 3.8) is 0 Å². The second-order valence-corrected chi connectivity index (χ2v) is 3.93. The summed E-state index contributed by atoms with van der Waals surface area (Å²) in [5.74, 6) is 0.858. The van der Waals surface area contributed by atoms with Gasteiger partial charge in [0.15, 0.2) is 0 Å². The summed E-state index contributed by atoms with van der Waals surface area (Å²) in [5.41, 5.74) is 8.32. The van der Waals surface area contributed by atoms with Crippen LogP contribution in [0, 0.1) is 0 Å². The van der Waals surface area contributed by atoms with Crippen LogP contribution in [0.1, 0.15) is 18.9 Å². The summed E-state index contributed by atoms with van der Waals surface area (Å²) in [7, 11) is 1.76. The summed E-state index contributed by atoms with van der Waals surface area (Å²) in [5, 5.41) is 0. The minimum Gasteiger partial charge on any atom is -0.491 e. The molecular formula is C12H16N2O2. The van der Waals surface area contributed by atoms with E-state index in [1.807, 2.05) is 13.0 Å². The van der Waals surface area contributed by atoms with Crippen LogP contribution in [-0.2, 0) is 11.2 Å². The molecule has 0 unspecified atom stereocenters. The first-order chi connectivity index (χ1) is 7.63. The standard InChI is InChI=1S/C12H16N2O2/c1-3-8-6-9(13)7-10-12(8)16-5-4-11(15)14(10)2/h6-7H,3-5,13H2,1-2H3. The lowest BCUT2D eigenvalue weighted by atomic mass is 10.1. The van der Waals surface area contributed by atoms with Gasteiger partial charge in [-0.05, 0) is 24.1 Å². The molecule has 0 saturated heterocycles. The SMILES string of the molecule is CCc1cc(N)cc2c1OCCC(=O)N2C. The van der Waals surface area contributed by atoms with Crippen molar-refractivity contribution in [2.24, 2.45) is 0 Å². The van der Waals surface area contributed by atoms with E-state index in [1.165, 1.54) is 0 Å². The quantitative estimate of drug-likeness (QED) is 0.731. The molecule has 0 radical (unpaired) electrons. The number of anilines is 2. The summed E-state index contributed by atoms with van der Waals surface area (Å²) in [6.07, 6.45) is 1.25. The third kappa shape index (κ3) is 1.71. The summed E-state index contributed by atoms with van der Waals surface area (Å²) < 4.78 is 5.65. The molecule has 0 atom stereocenters. The number of amides is 1. The zero-order chi connectivity index (χ0) is 11.7. The van der Waals surface area contributed by atoms with Gasteiger partial charge in [0.2, 0.25) is 5.91 Å². The second-order valence-electron chi connectivity index (χ2n) is 3.93. The first-order valence-corrected chi connectivity index (χ1v) is 5.45. The number of rotatable bonds is 1. The molecule has 0 fully saturated rings. The predicted octanol–water partition coefficient (Wildman–Crippen LogP) is 1.58. The number of nitrogen functional groups attached to an aromatic ring is 1. The van der Waals surface area contributed by atoms with Gasteiger partial charge >= 0.3 is 0 Å². The average Bonchev–Trinajstić information content (AvgIpc) is 2.40. The lowest BCUT2D eigenvalue weighted by Crippen LogP contribution is -2.25. The first-order valence-electron chi connectivity index (χ1n) is 5.45. The zero-order valence-corrected chi connectivity index (χ0v) is 9.62. The fourth-order valence-electron chi connectivity index (χ4n) is 1.92. The van der Waals surface area contributed by atoms with Crippen molar-refractivity contribution in [2.75, 3.05) is 24.3 Å². The number of aryl methyl sites for hydroxylation is 1. The molecule has 2 rings (SSSR count). The van der Waals surface area contributed by atoms with E-state index in [0.29, 0.717) is 18.7 Å². The Morgan fingerprint density at radius 3 is 2.94 bits per heavy atom. The van der Waals surface area contributed by atoms with Gasteiger partial charge in [0.25, 0.3) is 0 Å². The lowest BCUT2D eigenvalue weighted by Gasteiger charge is -2.19. The Balaban J connectivity index is 2.58. The van der Waals surface area contributed by atoms with Crippen molar-refractivity contribution in [1.82, 2.24) is 0 Å². The van der Waals surface area contributed by atoms with Gasteiger partial charge in [-0.2, -0.15) is 0 Å². The van der Waals surface area contributed by atoms with Gasteiger partial charge < -0.3 is 15.4 Å². The molecule has 0 saturated carbocycles. The maximum Gasteiger partial charge on any atom is 0.230 e. The van der Waals surface area contributed by atoms with Crippen molar-refractivity contribution < 1.29 is 9.53 Å². The van der Waals surface area contributed by atoms with Crippen LogP contribution in [0.4, 0.5) is 11.4 Å². The molecule has 0 aliphatic carbocycles. The fourth-order valence-corrected chi connectivity index (χ4v) is 1.92. The van der Waals surface area contributed by atoms with Gasteiger partial charge in [0, 0.05) is 12.7 Å². The number of nitrogens with zero attached hydrogens (tertiary/aromatic N) is 1. The van der Waals surface area contributed by atoms with E-state index in [9.17, 15) is 4.79 Å². The predicted molar refractivity (Wildman–Crippen MR) is 63.8 cm³/mol. The highest BCUT2D eigenvalue weighted by Crippen LogP contribution is 2.36. The van der Waals surface area contributed by atoms with Crippen LogP contribution in [0.25, 0.3) is 0 Å². The van der Waals surface area contributed by atoms with Gasteiger partial charge in [0.05, 0.1) is 18.7 Å². The van der Waals surface area contributed by atoms with Gasteiger partial charge in [-0.1, -0.05) is 6.92 Å². The topological polar surface area (TPSA) is 55.6 Å². The van der Waals surface area contributed by atoms with Gasteiger partial charge in [-0.15, -0.1) is 0 Å². The molecular weight excluding hydrogens is 204 g/mol. The molecule has 0 aromatic heterocycles. The van der Waals surface area contributed by atoms with Crippen molar-refractivity contribution in [3.05, 3.63) is 17.7 Å². The zero-order valence-electron chi connectivity index (χ0n) is 9.62. The number of nitrogens with two attached hydrogens (primary N) is 1. The normalized spacial score (nSPS) is 15.4. The number of fused-ring (bicyclic) bond motifs is 1. The Bertz CT molecular complexity index is 429. The van der Waals surface area contributed by atoms with E-state index in [0.717, 1.165) is 23.4 Å². The van der Waals surface area contributed by atoms with Crippen molar-refractivity contribution in [3.8, 4) is 5.75 Å². The van der Waals surface area contributed by atoms with E-state index in [-0.39, 0.29) is 5.91 Å². The Morgan fingerprint density at radius 2 is 2.25 bits per heavy atom. The highest BCUT2D eigenvalue weighted by molar-refractivity contribution is 5.96. The van der Waals surface area contributed by atoms with E-state index in [2.05, 4.69) is 0 Å². The minimum absolute atomic E-state index is 0.0615. The monoisotopic (exact) mass is 220 g/mol. The number of carbonyl (C=O) groups excluding carboxylic acids is 1. The molecule has 1 aromatic rings. The van der Waals surface area contributed by atoms with E-state index < -0.39 is 0 Å². The number of hydrogen-bond acceptors (Lipinski definition) is 3. The molecule has 1 aromatic carbocycles. The Labute approximate surface area is 95.0 Å². The first kappa shape index (κ1) is 10.8. The van der Waals surface area contributed by atoms with Crippen LogP contribution in [0.2, 0.25) is 0 Å². The molecule has 1 amide bonds. The largest absolute Gasteiger partial charge is 0.491 e. The van der Waals surface area contributed by atoms with Crippen molar-refractivity contribution >= 4 is 17.3 Å². The van der Waals surface area contributed by atoms with Gasteiger partial charge in [-0.3, -0.25) is 4.79 Å². The summed E-state index contributed by atoms with van der Waals surface area (Å²) >= 11 is 0. The summed E-state index contributed by atoms with van der Waals surface area (Å²) in [4.78, 5) is 13.3. The number of carbonyl (C=O) groups is 1. The maximum atomic E-state index is 11.7. The van der Waals surface area contributed by atoms with E-state index in [1.54, 1.807) is 18.0 Å². The molecule has 1 aliphatic rings. The molecule has 16 heavy (non-hydrogen) atoms. The number of benzene rings is 1. The Hall–Kier alpha value is -1.71. The molecule has 2 N–H and O–H groups in total. The highest BCUT2D eigenvalue weighted by atomic mass is 16.5. The van der Waals surface area contributed by atoms with Crippen LogP contribution in [0.15, 0.2) is 12.1 Å². The summed E-state index contributed by atoms with van der Waals surface area (Å²) in [6.45, 7) is 2.48. The fraction of sp³-hybridized carbons (Fsp3) is 0.417. The van der Waals surface area contributed by atoms with Crippen LogP contribution < -0.4 is 15.4 Å². The van der Waals surface area contributed by atoms with Crippen LogP contribution in [-0.4, -0.2) is 19.6 Å². The molecule has 1 heterocycles. The Morgan fingerprint density at radius 1 is 1.50 bits per heavy atom. The smallest absolute Gasteiger partial charge is 0.230 e.